The SMILES string of the molecule is CN(Cc1cccc(Cl)c1)S(=O)(=O)C1CCCC1C(=O)O. The molecule has 7 heteroatoms. The first-order valence-electron chi connectivity index (χ1n) is 6.75. The van der Waals surface area contributed by atoms with E-state index in [-0.39, 0.29) is 6.54 Å². The Hall–Kier alpha value is -1.11. The number of sulfonamides is 1. The maximum atomic E-state index is 12.6. The Kier molecular flexibility index (Phi) is 4.91. The average molecular weight is 332 g/mol. The summed E-state index contributed by atoms with van der Waals surface area (Å²) in [5.74, 6) is -1.84. The van der Waals surface area contributed by atoms with Gasteiger partial charge in [0.15, 0.2) is 0 Å². The van der Waals surface area contributed by atoms with Crippen LogP contribution in [0.15, 0.2) is 24.3 Å². The predicted octanol–water partition coefficient (Wildman–Crippen LogP) is 2.35. The van der Waals surface area contributed by atoms with E-state index >= 15 is 0 Å². The Morgan fingerprint density at radius 2 is 2.14 bits per heavy atom. The van der Waals surface area contributed by atoms with E-state index in [0.717, 1.165) is 5.56 Å². The quantitative estimate of drug-likeness (QED) is 0.898. The highest BCUT2D eigenvalue weighted by Crippen LogP contribution is 2.33. The van der Waals surface area contributed by atoms with Crippen LogP contribution in [0, 0.1) is 5.92 Å². The smallest absolute Gasteiger partial charge is 0.307 e. The van der Waals surface area contributed by atoms with E-state index in [1.807, 2.05) is 0 Å². The molecule has 116 valence electrons. The summed E-state index contributed by atoms with van der Waals surface area (Å²) in [6.07, 6.45) is 1.45. The van der Waals surface area contributed by atoms with Crippen LogP contribution in [-0.4, -0.2) is 36.1 Å². The van der Waals surface area contributed by atoms with Crippen LogP contribution >= 0.6 is 11.6 Å². The Balaban J connectivity index is 2.17. The van der Waals surface area contributed by atoms with Crippen LogP contribution in [-0.2, 0) is 21.4 Å². The molecule has 1 saturated carbocycles. The van der Waals surface area contributed by atoms with E-state index < -0.39 is 27.2 Å². The zero-order chi connectivity index (χ0) is 15.6. The van der Waals surface area contributed by atoms with Gasteiger partial charge in [0.1, 0.15) is 0 Å². The van der Waals surface area contributed by atoms with Gasteiger partial charge in [-0.05, 0) is 30.5 Å². The lowest BCUT2D eigenvalue weighted by atomic mass is 10.1. The van der Waals surface area contributed by atoms with Crippen LogP contribution in [0.3, 0.4) is 0 Å². The van der Waals surface area contributed by atoms with Crippen LogP contribution in [0.5, 0.6) is 0 Å². The molecule has 1 aromatic rings. The van der Waals surface area contributed by atoms with Crippen molar-refractivity contribution in [2.45, 2.75) is 31.1 Å². The van der Waals surface area contributed by atoms with Gasteiger partial charge < -0.3 is 5.11 Å². The molecule has 21 heavy (non-hydrogen) atoms. The van der Waals surface area contributed by atoms with Gasteiger partial charge in [0.05, 0.1) is 11.2 Å². The van der Waals surface area contributed by atoms with Crippen molar-refractivity contribution in [3.8, 4) is 0 Å². The van der Waals surface area contributed by atoms with Gasteiger partial charge >= 0.3 is 5.97 Å². The third-order valence-corrected chi connectivity index (χ3v) is 6.44. The molecule has 0 aliphatic heterocycles. The molecule has 0 amide bonds. The molecule has 0 spiro atoms. The third kappa shape index (κ3) is 3.56. The van der Waals surface area contributed by atoms with E-state index in [2.05, 4.69) is 0 Å². The van der Waals surface area contributed by atoms with Gasteiger partial charge in [-0.25, -0.2) is 12.7 Å². The summed E-state index contributed by atoms with van der Waals surface area (Å²) in [6, 6.07) is 6.98. The summed E-state index contributed by atoms with van der Waals surface area (Å²) in [6.45, 7) is 0.186. The number of nitrogens with zero attached hydrogens (tertiary/aromatic N) is 1. The first kappa shape index (κ1) is 16.3. The van der Waals surface area contributed by atoms with E-state index in [1.165, 1.54) is 11.4 Å². The molecule has 2 atom stereocenters. The number of rotatable bonds is 5. The maximum Gasteiger partial charge on any atom is 0.307 e. The van der Waals surface area contributed by atoms with Gasteiger partial charge in [-0.3, -0.25) is 4.79 Å². The van der Waals surface area contributed by atoms with E-state index in [9.17, 15) is 13.2 Å². The summed E-state index contributed by atoms with van der Waals surface area (Å²) in [4.78, 5) is 11.2. The van der Waals surface area contributed by atoms with Crippen LogP contribution in [0.1, 0.15) is 24.8 Å². The Morgan fingerprint density at radius 1 is 1.43 bits per heavy atom. The van der Waals surface area contributed by atoms with Gasteiger partial charge in [-0.1, -0.05) is 30.2 Å². The zero-order valence-corrected chi connectivity index (χ0v) is 13.3. The number of hydrogen-bond acceptors (Lipinski definition) is 3. The van der Waals surface area contributed by atoms with Crippen molar-refractivity contribution in [3.05, 3.63) is 34.9 Å². The standard InChI is InChI=1S/C14H18ClNO4S/c1-16(9-10-4-2-5-11(15)8-10)21(19,20)13-7-3-6-12(13)14(17)18/h2,4-5,8,12-13H,3,6-7,9H2,1H3,(H,17,18). The second-order valence-corrected chi connectivity index (χ2v) is 8.04. The van der Waals surface area contributed by atoms with E-state index in [4.69, 9.17) is 16.7 Å². The van der Waals surface area contributed by atoms with Crippen molar-refractivity contribution in [3.63, 3.8) is 0 Å². The van der Waals surface area contributed by atoms with Crippen molar-refractivity contribution < 1.29 is 18.3 Å². The molecular formula is C14H18ClNO4S. The molecule has 1 aliphatic carbocycles. The fourth-order valence-electron chi connectivity index (χ4n) is 2.78. The number of carbonyl (C=O) groups is 1. The molecule has 1 fully saturated rings. The number of carboxylic acid groups (broad SMARTS) is 1. The molecule has 0 bridgehead atoms. The van der Waals surface area contributed by atoms with Gasteiger partial charge in [-0.15, -0.1) is 0 Å². The second-order valence-electron chi connectivity index (χ2n) is 5.34. The number of carboxylic acids is 1. The van der Waals surface area contributed by atoms with Crippen molar-refractivity contribution in [2.24, 2.45) is 5.92 Å². The minimum absolute atomic E-state index is 0.186. The number of halogens is 1. The topological polar surface area (TPSA) is 74.7 Å². The Morgan fingerprint density at radius 3 is 2.76 bits per heavy atom. The van der Waals surface area contributed by atoms with Crippen molar-refractivity contribution >= 4 is 27.6 Å². The molecular weight excluding hydrogens is 314 g/mol. The molecule has 5 nitrogen and oxygen atoms in total. The molecule has 2 unspecified atom stereocenters. The minimum Gasteiger partial charge on any atom is -0.481 e. The van der Waals surface area contributed by atoms with Crippen molar-refractivity contribution in [1.82, 2.24) is 4.31 Å². The highest BCUT2D eigenvalue weighted by atomic mass is 35.5. The second kappa shape index (κ2) is 6.34. The molecule has 0 radical (unpaired) electrons. The molecule has 1 aliphatic rings. The van der Waals surface area contributed by atoms with Crippen molar-refractivity contribution in [2.75, 3.05) is 7.05 Å². The Bertz CT molecular complexity index is 632. The minimum atomic E-state index is -3.63. The fourth-order valence-corrected chi connectivity index (χ4v) is 4.91. The van der Waals surface area contributed by atoms with Crippen LogP contribution in [0.2, 0.25) is 5.02 Å². The fraction of sp³-hybridized carbons (Fsp3) is 0.500. The summed E-state index contributed by atoms with van der Waals surface area (Å²) in [5.41, 5.74) is 0.776. The van der Waals surface area contributed by atoms with Crippen LogP contribution in [0.25, 0.3) is 0 Å². The third-order valence-electron chi connectivity index (χ3n) is 3.88. The van der Waals surface area contributed by atoms with Gasteiger partial charge in [0.25, 0.3) is 0 Å². The monoisotopic (exact) mass is 331 g/mol. The Labute approximate surface area is 129 Å². The lowest BCUT2D eigenvalue weighted by Gasteiger charge is -2.24. The number of benzene rings is 1. The highest BCUT2D eigenvalue weighted by Gasteiger charge is 2.43. The predicted molar refractivity (Wildman–Crippen MR) is 80.6 cm³/mol. The average Bonchev–Trinajstić information content (AvgIpc) is 2.88. The number of aliphatic carboxylic acids is 1. The van der Waals surface area contributed by atoms with Crippen LogP contribution in [0.4, 0.5) is 0 Å². The summed E-state index contributed by atoms with van der Waals surface area (Å²) >= 11 is 5.89. The zero-order valence-electron chi connectivity index (χ0n) is 11.7. The lowest BCUT2D eigenvalue weighted by Crippen LogP contribution is -2.39. The summed E-state index contributed by atoms with van der Waals surface area (Å²) < 4.78 is 26.4. The molecule has 1 aromatic carbocycles. The van der Waals surface area contributed by atoms with E-state index in [0.29, 0.717) is 24.3 Å². The first-order valence-corrected chi connectivity index (χ1v) is 8.63. The molecule has 0 heterocycles. The highest BCUT2D eigenvalue weighted by molar-refractivity contribution is 7.89. The lowest BCUT2D eigenvalue weighted by molar-refractivity contribution is -0.141. The first-order chi connectivity index (χ1) is 9.82. The number of hydrogen-bond donors (Lipinski definition) is 1. The summed E-state index contributed by atoms with van der Waals surface area (Å²) in [5, 5.41) is 8.86. The molecule has 1 N–H and O–H groups in total. The summed E-state index contributed by atoms with van der Waals surface area (Å²) in [7, 11) is -2.15. The van der Waals surface area contributed by atoms with Gasteiger partial charge in [0.2, 0.25) is 10.0 Å². The van der Waals surface area contributed by atoms with Crippen molar-refractivity contribution in [1.29, 1.82) is 0 Å². The largest absolute Gasteiger partial charge is 0.481 e. The van der Waals surface area contributed by atoms with E-state index in [1.54, 1.807) is 24.3 Å². The maximum absolute atomic E-state index is 12.6. The molecule has 2 rings (SSSR count). The normalized spacial score (nSPS) is 22.6. The van der Waals surface area contributed by atoms with Gasteiger partial charge in [0, 0.05) is 18.6 Å². The van der Waals surface area contributed by atoms with Crippen LogP contribution < -0.4 is 0 Å². The van der Waals surface area contributed by atoms with Gasteiger partial charge in [-0.2, -0.15) is 0 Å². The molecule has 0 saturated heterocycles. The molecule has 0 aromatic heterocycles.